The van der Waals surface area contributed by atoms with Crippen molar-refractivity contribution in [2.45, 2.75) is 55.9 Å². The van der Waals surface area contributed by atoms with Crippen molar-refractivity contribution in [3.05, 3.63) is 120 Å². The molecule has 5 nitrogen and oxygen atoms in total. The maximum absolute atomic E-state index is 12.3. The standard InChI is InChI=1S/C32H37NO4S/c1-2-3-22-29(31(36)37)33-30(35)24-28(34)21-13-14-23-38-32(25-15-7-4-8-16-25,26-17-9-5-10-18-26)27-19-11-6-12-20-27/h4-13,15-21,28-29,34H,2-3,14,22-24H2,1H3,(H,33,35)(H,36,37)/b21-13+/t28-,29-/m1/s1. The molecule has 0 spiro atoms. The molecule has 2 atom stereocenters. The summed E-state index contributed by atoms with van der Waals surface area (Å²) in [6.45, 7) is 1.97. The number of carboxylic acids is 1. The number of hydrogen-bond acceptors (Lipinski definition) is 4. The molecule has 0 aliphatic carbocycles. The average Bonchev–Trinajstić information content (AvgIpc) is 2.94. The summed E-state index contributed by atoms with van der Waals surface area (Å²) in [5.41, 5.74) is 3.58. The Kier molecular flexibility index (Phi) is 11.7. The third-order valence-corrected chi connectivity index (χ3v) is 7.96. The van der Waals surface area contributed by atoms with Gasteiger partial charge in [-0.2, -0.15) is 0 Å². The summed E-state index contributed by atoms with van der Waals surface area (Å²) in [7, 11) is 0. The molecule has 0 radical (unpaired) electrons. The van der Waals surface area contributed by atoms with E-state index in [-0.39, 0.29) is 6.42 Å². The second-order valence-electron chi connectivity index (χ2n) is 9.22. The zero-order chi connectivity index (χ0) is 27.2. The van der Waals surface area contributed by atoms with Crippen LogP contribution in [0.5, 0.6) is 0 Å². The smallest absolute Gasteiger partial charge is 0.326 e. The van der Waals surface area contributed by atoms with Crippen LogP contribution in [-0.4, -0.2) is 40.0 Å². The van der Waals surface area contributed by atoms with Crippen LogP contribution in [0.3, 0.4) is 0 Å². The average molecular weight is 532 g/mol. The first-order valence-electron chi connectivity index (χ1n) is 13.1. The highest BCUT2D eigenvalue weighted by Gasteiger charge is 2.36. The van der Waals surface area contributed by atoms with Crippen LogP contribution in [0, 0.1) is 0 Å². The van der Waals surface area contributed by atoms with Crippen LogP contribution < -0.4 is 5.32 Å². The number of thioether (sulfide) groups is 1. The fraction of sp³-hybridized carbons (Fsp3) is 0.312. The lowest BCUT2D eigenvalue weighted by molar-refractivity contribution is -0.142. The third-order valence-electron chi connectivity index (χ3n) is 6.38. The van der Waals surface area contributed by atoms with Crippen LogP contribution in [0.25, 0.3) is 0 Å². The van der Waals surface area contributed by atoms with Crippen molar-refractivity contribution >= 4 is 23.6 Å². The zero-order valence-corrected chi connectivity index (χ0v) is 22.6. The maximum atomic E-state index is 12.3. The first-order valence-corrected chi connectivity index (χ1v) is 14.1. The van der Waals surface area contributed by atoms with Crippen molar-refractivity contribution in [2.75, 3.05) is 5.75 Å². The summed E-state index contributed by atoms with van der Waals surface area (Å²) in [6.07, 6.45) is 5.03. The second-order valence-corrected chi connectivity index (χ2v) is 10.5. The summed E-state index contributed by atoms with van der Waals surface area (Å²) in [5, 5.41) is 22.2. The topological polar surface area (TPSA) is 86.6 Å². The van der Waals surface area contributed by atoms with Crippen molar-refractivity contribution in [1.82, 2.24) is 5.32 Å². The number of amides is 1. The van der Waals surface area contributed by atoms with Gasteiger partial charge in [0.1, 0.15) is 6.04 Å². The van der Waals surface area contributed by atoms with E-state index in [1.807, 2.05) is 43.0 Å². The number of allylic oxidation sites excluding steroid dienone is 1. The molecule has 3 aromatic carbocycles. The van der Waals surface area contributed by atoms with Gasteiger partial charge in [-0.3, -0.25) is 4.79 Å². The fourth-order valence-corrected chi connectivity index (χ4v) is 5.95. The molecule has 1 amide bonds. The molecule has 3 rings (SSSR count). The number of nitrogens with one attached hydrogen (secondary N) is 1. The Morgan fingerprint density at radius 2 is 1.39 bits per heavy atom. The molecular weight excluding hydrogens is 494 g/mol. The van der Waals surface area contributed by atoms with Gasteiger partial charge in [0.2, 0.25) is 5.91 Å². The molecule has 6 heteroatoms. The van der Waals surface area contributed by atoms with E-state index in [1.165, 1.54) is 16.7 Å². The van der Waals surface area contributed by atoms with Gasteiger partial charge in [0, 0.05) is 0 Å². The molecule has 0 aliphatic heterocycles. The Morgan fingerprint density at radius 3 is 1.84 bits per heavy atom. The predicted octanol–water partition coefficient (Wildman–Crippen LogP) is 6.17. The van der Waals surface area contributed by atoms with Gasteiger partial charge in [0.25, 0.3) is 0 Å². The monoisotopic (exact) mass is 531 g/mol. The van der Waals surface area contributed by atoms with E-state index in [2.05, 4.69) is 78.1 Å². The molecule has 3 aromatic rings. The molecule has 0 aromatic heterocycles. The van der Waals surface area contributed by atoms with E-state index < -0.39 is 28.8 Å². The van der Waals surface area contributed by atoms with Crippen LogP contribution >= 0.6 is 11.8 Å². The van der Waals surface area contributed by atoms with Gasteiger partial charge >= 0.3 is 5.97 Å². The molecule has 0 fully saturated rings. The SMILES string of the molecule is CCCC[C@@H](NC(=O)C[C@H](O)/C=C/CCSC(c1ccccc1)(c1ccccc1)c1ccccc1)C(=O)O. The Labute approximate surface area is 230 Å². The molecule has 38 heavy (non-hydrogen) atoms. The molecule has 0 saturated carbocycles. The molecular formula is C32H37NO4S. The lowest BCUT2D eigenvalue weighted by Crippen LogP contribution is -2.41. The highest BCUT2D eigenvalue weighted by atomic mass is 32.2. The minimum absolute atomic E-state index is 0.165. The number of aliphatic hydroxyl groups excluding tert-OH is 1. The normalized spacial score (nSPS) is 13.2. The Bertz CT molecular complexity index is 1060. The largest absolute Gasteiger partial charge is 0.480 e. The van der Waals surface area contributed by atoms with Gasteiger partial charge in [-0.15, -0.1) is 11.8 Å². The number of benzene rings is 3. The van der Waals surface area contributed by atoms with Crippen molar-refractivity contribution in [3.63, 3.8) is 0 Å². The minimum atomic E-state index is -1.05. The predicted molar refractivity (Wildman–Crippen MR) is 155 cm³/mol. The number of unbranched alkanes of at least 4 members (excludes halogenated alkanes) is 1. The molecule has 200 valence electrons. The maximum Gasteiger partial charge on any atom is 0.326 e. The van der Waals surface area contributed by atoms with Gasteiger partial charge in [0.15, 0.2) is 0 Å². The van der Waals surface area contributed by atoms with Crippen LogP contribution in [0.2, 0.25) is 0 Å². The Morgan fingerprint density at radius 1 is 0.895 bits per heavy atom. The van der Waals surface area contributed by atoms with Gasteiger partial charge in [-0.1, -0.05) is 123 Å². The van der Waals surface area contributed by atoms with E-state index >= 15 is 0 Å². The van der Waals surface area contributed by atoms with E-state index in [4.69, 9.17) is 0 Å². The number of carboxylic acid groups (broad SMARTS) is 1. The van der Waals surface area contributed by atoms with Gasteiger partial charge in [0.05, 0.1) is 17.3 Å². The second kappa shape index (κ2) is 15.2. The number of rotatable bonds is 15. The molecule has 0 saturated heterocycles. The number of hydrogen-bond donors (Lipinski definition) is 3. The summed E-state index contributed by atoms with van der Waals surface area (Å²) in [6, 6.07) is 30.5. The van der Waals surface area contributed by atoms with Gasteiger partial charge in [-0.25, -0.2) is 4.79 Å². The van der Waals surface area contributed by atoms with Gasteiger partial charge < -0.3 is 15.5 Å². The lowest BCUT2D eigenvalue weighted by Gasteiger charge is -2.35. The summed E-state index contributed by atoms with van der Waals surface area (Å²) in [5.74, 6) is -0.726. The van der Waals surface area contributed by atoms with E-state index in [1.54, 1.807) is 6.08 Å². The quantitative estimate of drug-likeness (QED) is 0.124. The van der Waals surface area contributed by atoms with Crippen molar-refractivity contribution in [1.29, 1.82) is 0 Å². The van der Waals surface area contributed by atoms with Gasteiger partial charge in [-0.05, 0) is 35.3 Å². The summed E-state index contributed by atoms with van der Waals surface area (Å²) < 4.78 is -0.402. The molecule has 3 N–H and O–H groups in total. The minimum Gasteiger partial charge on any atom is -0.480 e. The van der Waals surface area contributed by atoms with Crippen LogP contribution in [0.15, 0.2) is 103 Å². The lowest BCUT2D eigenvalue weighted by atomic mass is 9.84. The van der Waals surface area contributed by atoms with Crippen LogP contribution in [0.4, 0.5) is 0 Å². The molecule has 0 heterocycles. The molecule has 0 aliphatic rings. The van der Waals surface area contributed by atoms with Crippen molar-refractivity contribution < 1.29 is 19.8 Å². The summed E-state index contributed by atoms with van der Waals surface area (Å²) in [4.78, 5) is 23.6. The number of carbonyl (C=O) groups excluding carboxylic acids is 1. The highest BCUT2D eigenvalue weighted by molar-refractivity contribution is 8.00. The Balaban J connectivity index is 1.68. The molecule has 0 unspecified atom stereocenters. The first kappa shape index (κ1) is 29.2. The van der Waals surface area contributed by atoms with E-state index in [9.17, 15) is 19.8 Å². The van der Waals surface area contributed by atoms with Crippen molar-refractivity contribution in [3.8, 4) is 0 Å². The summed E-state index contributed by atoms with van der Waals surface area (Å²) >= 11 is 1.84. The van der Waals surface area contributed by atoms with Crippen LogP contribution in [-0.2, 0) is 14.3 Å². The van der Waals surface area contributed by atoms with E-state index in [0.717, 1.165) is 12.2 Å². The fourth-order valence-electron chi connectivity index (χ4n) is 4.48. The number of carbonyl (C=O) groups is 2. The molecule has 0 bridgehead atoms. The Hall–Kier alpha value is -3.35. The number of aliphatic carboxylic acids is 1. The van der Waals surface area contributed by atoms with Crippen LogP contribution in [0.1, 0.15) is 55.7 Å². The first-order chi connectivity index (χ1) is 18.5. The zero-order valence-electron chi connectivity index (χ0n) is 21.8. The number of aliphatic hydroxyl groups is 1. The van der Waals surface area contributed by atoms with Crippen molar-refractivity contribution in [2.24, 2.45) is 0 Å². The highest BCUT2D eigenvalue weighted by Crippen LogP contribution is 2.48. The van der Waals surface area contributed by atoms with E-state index in [0.29, 0.717) is 19.3 Å². The third kappa shape index (κ3) is 8.07.